The first-order valence-electron chi connectivity index (χ1n) is 15.3. The molecule has 1 unspecified atom stereocenters. The monoisotopic (exact) mass is 508 g/mol. The molecule has 210 valence electrons. The molecule has 1 saturated heterocycles. The molecule has 0 aromatic carbocycles. The van der Waals surface area contributed by atoms with Gasteiger partial charge in [0.05, 0.1) is 13.0 Å². The summed E-state index contributed by atoms with van der Waals surface area (Å²) in [5.74, 6) is -0.633. The summed E-state index contributed by atoms with van der Waals surface area (Å²) in [7, 11) is 0. The van der Waals surface area contributed by atoms with E-state index in [9.17, 15) is 14.4 Å². The summed E-state index contributed by atoms with van der Waals surface area (Å²) in [5.41, 5.74) is 0. The molecular weight excluding hydrogens is 452 g/mol. The van der Waals surface area contributed by atoms with Crippen LogP contribution in [-0.4, -0.2) is 48.4 Å². The summed E-state index contributed by atoms with van der Waals surface area (Å²) in [4.78, 5) is 39.2. The first-order chi connectivity index (χ1) is 17.6. The van der Waals surface area contributed by atoms with Gasteiger partial charge in [-0.15, -0.1) is 0 Å². The van der Waals surface area contributed by atoms with Crippen molar-refractivity contribution in [2.24, 2.45) is 0 Å². The van der Waals surface area contributed by atoms with Crippen LogP contribution in [0.15, 0.2) is 0 Å². The minimum atomic E-state index is -0.731. The van der Waals surface area contributed by atoms with Gasteiger partial charge in [0, 0.05) is 19.5 Å². The van der Waals surface area contributed by atoms with Crippen molar-refractivity contribution >= 4 is 17.8 Å². The van der Waals surface area contributed by atoms with Crippen molar-refractivity contribution in [2.75, 3.05) is 19.7 Å². The lowest BCUT2D eigenvalue weighted by Gasteiger charge is -2.34. The zero-order chi connectivity index (χ0) is 26.3. The lowest BCUT2D eigenvalue weighted by atomic mass is 10.0. The minimum absolute atomic E-state index is 0.0124. The summed E-state index contributed by atoms with van der Waals surface area (Å²) in [6, 6.07) is -0.731. The third kappa shape index (κ3) is 16.2. The van der Waals surface area contributed by atoms with E-state index in [1.165, 1.54) is 89.9 Å². The predicted octanol–water partition coefficient (Wildman–Crippen LogP) is 7.09. The van der Waals surface area contributed by atoms with Crippen LogP contribution >= 0.6 is 0 Å². The lowest BCUT2D eigenvalue weighted by Crippen LogP contribution is -2.57. The van der Waals surface area contributed by atoms with Crippen LogP contribution in [0.25, 0.3) is 0 Å². The van der Waals surface area contributed by atoms with Gasteiger partial charge in [-0.05, 0) is 12.8 Å². The molecule has 2 amide bonds. The van der Waals surface area contributed by atoms with E-state index >= 15 is 0 Å². The maximum atomic E-state index is 12.8. The number of rotatable bonds is 23. The number of nitrogens with zero attached hydrogens (tertiary/aromatic N) is 1. The number of nitrogens with one attached hydrogen (secondary N) is 1. The van der Waals surface area contributed by atoms with Crippen molar-refractivity contribution in [1.82, 2.24) is 10.2 Å². The molecule has 1 atom stereocenters. The number of carbonyl (C=O) groups excluding carboxylic acids is 3. The van der Waals surface area contributed by atoms with Gasteiger partial charge in [0.2, 0.25) is 11.8 Å². The fourth-order valence-corrected chi connectivity index (χ4v) is 4.94. The Morgan fingerprint density at radius 1 is 0.750 bits per heavy atom. The van der Waals surface area contributed by atoms with Gasteiger partial charge in [0.1, 0.15) is 6.04 Å². The van der Waals surface area contributed by atoms with Crippen LogP contribution in [0.2, 0.25) is 0 Å². The molecule has 0 bridgehead atoms. The van der Waals surface area contributed by atoms with Crippen molar-refractivity contribution in [3.8, 4) is 0 Å². The van der Waals surface area contributed by atoms with Crippen molar-refractivity contribution in [3.63, 3.8) is 0 Å². The molecule has 1 aliphatic heterocycles. The van der Waals surface area contributed by atoms with Gasteiger partial charge in [0.15, 0.2) is 0 Å². The second-order valence-electron chi connectivity index (χ2n) is 10.6. The molecule has 1 heterocycles. The molecule has 0 radical (unpaired) electrons. The molecule has 0 spiro atoms. The molecule has 1 fully saturated rings. The molecule has 1 rings (SSSR count). The molecule has 0 saturated carbocycles. The second-order valence-corrected chi connectivity index (χ2v) is 10.6. The molecule has 1 N–H and O–H groups in total. The van der Waals surface area contributed by atoms with Gasteiger partial charge >= 0.3 is 5.97 Å². The maximum absolute atomic E-state index is 12.8. The quantitative estimate of drug-likeness (QED) is 0.118. The summed E-state index contributed by atoms with van der Waals surface area (Å²) in [6.45, 7) is 5.79. The van der Waals surface area contributed by atoms with Gasteiger partial charge in [-0.3, -0.25) is 14.4 Å². The number of hydrogen-bond acceptors (Lipinski definition) is 4. The highest BCUT2D eigenvalue weighted by Gasteiger charge is 2.34. The maximum Gasteiger partial charge on any atom is 0.308 e. The van der Waals surface area contributed by atoms with Gasteiger partial charge in [-0.2, -0.15) is 0 Å². The molecular formula is C30H56N2O4. The van der Waals surface area contributed by atoms with E-state index in [-0.39, 0.29) is 24.2 Å². The number of ether oxygens (including phenoxy) is 1. The average Bonchev–Trinajstić information content (AvgIpc) is 2.87. The van der Waals surface area contributed by atoms with E-state index in [1.54, 1.807) is 4.90 Å². The topological polar surface area (TPSA) is 75.7 Å². The van der Waals surface area contributed by atoms with Crippen molar-refractivity contribution in [1.29, 1.82) is 0 Å². The van der Waals surface area contributed by atoms with Crippen LogP contribution in [-0.2, 0) is 19.1 Å². The van der Waals surface area contributed by atoms with Gasteiger partial charge in [-0.25, -0.2) is 0 Å². The summed E-state index contributed by atoms with van der Waals surface area (Å²) in [6.07, 6.45) is 23.5. The Bertz CT molecular complexity index is 581. The first-order valence-corrected chi connectivity index (χ1v) is 15.3. The van der Waals surface area contributed by atoms with E-state index < -0.39 is 6.04 Å². The Morgan fingerprint density at radius 2 is 1.22 bits per heavy atom. The zero-order valence-electron chi connectivity index (χ0n) is 23.6. The lowest BCUT2D eigenvalue weighted by molar-refractivity contribution is -0.152. The van der Waals surface area contributed by atoms with Crippen LogP contribution in [0.3, 0.4) is 0 Å². The number of hydrogen-bond donors (Lipinski definition) is 1. The third-order valence-corrected chi connectivity index (χ3v) is 7.27. The predicted molar refractivity (Wildman–Crippen MR) is 148 cm³/mol. The Morgan fingerprint density at radius 3 is 1.75 bits per heavy atom. The highest BCUT2D eigenvalue weighted by molar-refractivity contribution is 5.91. The molecule has 1 aliphatic rings. The first kappa shape index (κ1) is 32.4. The highest BCUT2D eigenvalue weighted by atomic mass is 16.5. The molecule has 6 heteroatoms. The van der Waals surface area contributed by atoms with Crippen LogP contribution in [0.4, 0.5) is 0 Å². The molecule has 0 aromatic heterocycles. The molecule has 36 heavy (non-hydrogen) atoms. The van der Waals surface area contributed by atoms with E-state index in [1.807, 2.05) is 0 Å². The normalized spacial score (nSPS) is 15.7. The van der Waals surface area contributed by atoms with Crippen LogP contribution in [0, 0.1) is 0 Å². The Labute approximate surface area is 221 Å². The van der Waals surface area contributed by atoms with Crippen LogP contribution < -0.4 is 5.32 Å². The highest BCUT2D eigenvalue weighted by Crippen LogP contribution is 2.16. The van der Waals surface area contributed by atoms with Crippen LogP contribution in [0.1, 0.15) is 149 Å². The largest absolute Gasteiger partial charge is 0.466 e. The summed E-state index contributed by atoms with van der Waals surface area (Å²) in [5, 5.41) is 2.80. The van der Waals surface area contributed by atoms with Crippen molar-refractivity contribution in [2.45, 2.75) is 155 Å². The standard InChI is InChI=1S/C30H56N2O4/c1-3-5-7-9-11-13-14-15-16-18-20-22-28(33)32-24-23-31-30(35)27(32)26-29(34)36-25-21-19-17-12-10-8-6-4-2/h27H,3-26H2,1-2H3,(H,31,35). The fraction of sp³-hybridized carbons (Fsp3) is 0.900. The molecule has 6 nitrogen and oxygen atoms in total. The van der Waals surface area contributed by atoms with Gasteiger partial charge < -0.3 is 15.0 Å². The number of carbonyl (C=O) groups is 3. The Hall–Kier alpha value is -1.59. The van der Waals surface area contributed by atoms with Crippen molar-refractivity contribution in [3.05, 3.63) is 0 Å². The van der Waals surface area contributed by atoms with Gasteiger partial charge in [-0.1, -0.05) is 123 Å². The molecule has 0 aliphatic carbocycles. The van der Waals surface area contributed by atoms with E-state index in [0.717, 1.165) is 32.1 Å². The number of unbranched alkanes of at least 4 members (excludes halogenated alkanes) is 17. The summed E-state index contributed by atoms with van der Waals surface area (Å²) >= 11 is 0. The SMILES string of the molecule is CCCCCCCCCCCCCC(=O)N1CCNC(=O)C1CC(=O)OCCCCCCCCCC. The number of piperazine rings is 1. The smallest absolute Gasteiger partial charge is 0.308 e. The number of esters is 1. The average molecular weight is 509 g/mol. The second kappa shape index (κ2) is 22.6. The Balaban J connectivity index is 2.17. The fourth-order valence-electron chi connectivity index (χ4n) is 4.94. The summed E-state index contributed by atoms with van der Waals surface area (Å²) < 4.78 is 5.38. The van der Waals surface area contributed by atoms with Crippen molar-refractivity contribution < 1.29 is 19.1 Å². The van der Waals surface area contributed by atoms with Crippen LogP contribution in [0.5, 0.6) is 0 Å². The van der Waals surface area contributed by atoms with Gasteiger partial charge in [0.25, 0.3) is 0 Å². The Kier molecular flexibility index (Phi) is 20.4. The van der Waals surface area contributed by atoms with E-state index in [0.29, 0.717) is 26.1 Å². The molecule has 0 aromatic rings. The number of amides is 2. The minimum Gasteiger partial charge on any atom is -0.466 e. The van der Waals surface area contributed by atoms with E-state index in [4.69, 9.17) is 4.74 Å². The zero-order valence-corrected chi connectivity index (χ0v) is 23.6. The third-order valence-electron chi connectivity index (χ3n) is 7.27. The van der Waals surface area contributed by atoms with E-state index in [2.05, 4.69) is 19.2 Å².